The number of aromatic nitrogens is 2. The number of halogens is 4. The van der Waals surface area contributed by atoms with Gasteiger partial charge in [0.05, 0.1) is 17.7 Å². The van der Waals surface area contributed by atoms with Gasteiger partial charge in [0.2, 0.25) is 0 Å². The molecule has 0 unspecified atom stereocenters. The predicted octanol–water partition coefficient (Wildman–Crippen LogP) is 7.75. The highest BCUT2D eigenvalue weighted by atomic mass is 19.4. The first kappa shape index (κ1) is 37.0. The molecule has 4 rings (SSSR count). The number of nitrogens with zero attached hydrogens (tertiary/aromatic N) is 3. The number of hydrogen-bond donors (Lipinski definition) is 1. The molecule has 1 fully saturated rings. The number of rotatable bonds is 14. The molecule has 2 aromatic carbocycles. The molecular weight excluding hydrogens is 626 g/mol. The standard InChI is InChI=1S/C37H45F4N3O4/c1-21(2)17-31(44-36(48)25(6)24(5)30(42-44)13-16-43-14-8-15-43)32(45)12-11-26(20-33(46)47)28-18-27(19-29(35(28)38)37(39,40)41)34-22(3)9-7-10-23(34)4/h7,9-10,18-19,21,26,31H,8,11-17,20H2,1-6H3,(H,46,47)/t26-,31-/m0/s1. The summed E-state index contributed by atoms with van der Waals surface area (Å²) in [5, 5.41) is 14.4. The van der Waals surface area contributed by atoms with Crippen LogP contribution in [0.3, 0.4) is 0 Å². The maximum absolute atomic E-state index is 15.8. The Morgan fingerprint density at radius 1 is 1.02 bits per heavy atom. The molecule has 0 aliphatic carbocycles. The number of carbonyl (C=O) groups is 2. The lowest BCUT2D eigenvalue weighted by atomic mass is 9.84. The lowest BCUT2D eigenvalue weighted by molar-refractivity contribution is -0.140. The topological polar surface area (TPSA) is 92.5 Å². The van der Waals surface area contributed by atoms with Crippen molar-refractivity contribution in [1.82, 2.24) is 14.7 Å². The van der Waals surface area contributed by atoms with Crippen molar-refractivity contribution in [3.63, 3.8) is 0 Å². The Kier molecular flexibility index (Phi) is 11.7. The van der Waals surface area contributed by atoms with Gasteiger partial charge >= 0.3 is 12.1 Å². The Balaban J connectivity index is 1.73. The molecule has 0 radical (unpaired) electrons. The van der Waals surface area contributed by atoms with Gasteiger partial charge in [-0.3, -0.25) is 14.4 Å². The van der Waals surface area contributed by atoms with Crippen LogP contribution in [0.1, 0.15) is 97.0 Å². The van der Waals surface area contributed by atoms with Crippen LogP contribution in [0.15, 0.2) is 35.1 Å². The van der Waals surface area contributed by atoms with Crippen LogP contribution >= 0.6 is 0 Å². The highest BCUT2D eigenvalue weighted by Crippen LogP contribution is 2.41. The molecule has 7 nitrogen and oxygen atoms in total. The molecule has 48 heavy (non-hydrogen) atoms. The molecule has 260 valence electrons. The molecule has 3 aromatic rings. The van der Waals surface area contributed by atoms with E-state index in [2.05, 4.69) is 10.00 Å². The van der Waals surface area contributed by atoms with Crippen LogP contribution in [0, 0.1) is 39.4 Å². The van der Waals surface area contributed by atoms with E-state index in [0.29, 0.717) is 28.7 Å². The van der Waals surface area contributed by atoms with Crippen molar-refractivity contribution < 1.29 is 32.3 Å². The van der Waals surface area contributed by atoms with Gasteiger partial charge in [-0.15, -0.1) is 0 Å². The van der Waals surface area contributed by atoms with E-state index in [4.69, 9.17) is 0 Å². The summed E-state index contributed by atoms with van der Waals surface area (Å²) in [7, 11) is 0. The highest BCUT2D eigenvalue weighted by molar-refractivity contribution is 5.82. The molecule has 1 aromatic heterocycles. The maximum Gasteiger partial charge on any atom is 0.419 e. The summed E-state index contributed by atoms with van der Waals surface area (Å²) in [6.45, 7) is 13.6. The van der Waals surface area contributed by atoms with Gasteiger partial charge in [-0.2, -0.15) is 18.3 Å². The second-order valence-electron chi connectivity index (χ2n) is 13.5. The van der Waals surface area contributed by atoms with Gasteiger partial charge in [-0.1, -0.05) is 32.0 Å². The van der Waals surface area contributed by atoms with Crippen LogP contribution in [0.5, 0.6) is 0 Å². The van der Waals surface area contributed by atoms with E-state index in [9.17, 15) is 32.7 Å². The van der Waals surface area contributed by atoms with Crippen molar-refractivity contribution in [2.75, 3.05) is 19.6 Å². The van der Waals surface area contributed by atoms with Crippen molar-refractivity contribution in [3.8, 4) is 11.1 Å². The van der Waals surface area contributed by atoms with Crippen LogP contribution in [-0.2, 0) is 22.2 Å². The summed E-state index contributed by atoms with van der Waals surface area (Å²) in [6.07, 6.45) is -4.23. The van der Waals surface area contributed by atoms with Crippen molar-refractivity contribution in [1.29, 1.82) is 0 Å². The van der Waals surface area contributed by atoms with Crippen molar-refractivity contribution in [2.45, 2.75) is 98.2 Å². The lowest BCUT2D eigenvalue weighted by Crippen LogP contribution is -2.39. The third-order valence-corrected chi connectivity index (χ3v) is 9.50. The molecular formula is C37H45F4N3O4. The first-order chi connectivity index (χ1) is 22.5. The minimum atomic E-state index is -5.04. The van der Waals surface area contributed by atoms with Gasteiger partial charge in [-0.05, 0) is 117 Å². The minimum absolute atomic E-state index is 0.0190. The van der Waals surface area contributed by atoms with Crippen LogP contribution in [0.25, 0.3) is 11.1 Å². The van der Waals surface area contributed by atoms with Crippen molar-refractivity contribution in [2.24, 2.45) is 5.92 Å². The molecule has 2 heterocycles. The average Bonchev–Trinajstić information content (AvgIpc) is 2.97. The summed E-state index contributed by atoms with van der Waals surface area (Å²) in [6, 6.07) is 6.30. The van der Waals surface area contributed by atoms with Crippen LogP contribution in [-0.4, -0.2) is 51.2 Å². The first-order valence-electron chi connectivity index (χ1n) is 16.5. The number of aliphatic carboxylic acids is 1. The number of hydrogen-bond acceptors (Lipinski definition) is 5. The smallest absolute Gasteiger partial charge is 0.419 e. The summed E-state index contributed by atoms with van der Waals surface area (Å²) in [5.74, 6) is -4.56. The number of carboxylic acids is 1. The predicted molar refractivity (Wildman–Crippen MR) is 177 cm³/mol. The van der Waals surface area contributed by atoms with E-state index in [1.165, 1.54) is 10.7 Å². The zero-order valence-corrected chi connectivity index (χ0v) is 28.5. The van der Waals surface area contributed by atoms with E-state index in [0.717, 1.165) is 43.4 Å². The lowest BCUT2D eigenvalue weighted by Gasteiger charge is -2.30. The fourth-order valence-electron chi connectivity index (χ4n) is 6.56. The van der Waals surface area contributed by atoms with Gasteiger partial charge in [0, 0.05) is 24.9 Å². The van der Waals surface area contributed by atoms with Crippen LogP contribution in [0.2, 0.25) is 0 Å². The van der Waals surface area contributed by atoms with E-state index in [1.807, 2.05) is 20.8 Å². The number of alkyl halides is 3. The van der Waals surface area contributed by atoms with Gasteiger partial charge in [0.15, 0.2) is 5.78 Å². The van der Waals surface area contributed by atoms with E-state index in [1.54, 1.807) is 39.0 Å². The SMILES string of the molecule is Cc1cccc(C)c1-c1cc([C@@H](CCC(=O)[C@H](CC(C)C)n2nc(CCN3CCC3)c(C)c(C)c2=O)CC(=O)O)c(F)c(C(F)(F)F)c1. The average molecular weight is 672 g/mol. The number of likely N-dealkylation sites (tertiary alicyclic amines) is 1. The molecule has 2 atom stereocenters. The monoisotopic (exact) mass is 671 g/mol. The number of carboxylic acid groups (broad SMARTS) is 1. The molecule has 1 aliphatic heterocycles. The van der Waals surface area contributed by atoms with E-state index >= 15 is 4.39 Å². The molecule has 1 N–H and O–H groups in total. The number of Topliss-reactive ketones (excluding diaryl/α,β-unsaturated/α-hetero) is 1. The molecule has 0 spiro atoms. The van der Waals surface area contributed by atoms with Crippen molar-refractivity contribution >= 4 is 11.8 Å². The van der Waals surface area contributed by atoms with Crippen molar-refractivity contribution in [3.05, 3.63) is 85.6 Å². The summed E-state index contributed by atoms with van der Waals surface area (Å²) < 4.78 is 59.5. The minimum Gasteiger partial charge on any atom is -0.481 e. The number of carbonyl (C=O) groups excluding carboxylic acids is 1. The normalized spacial score (nSPS) is 15.0. The zero-order valence-electron chi connectivity index (χ0n) is 28.5. The van der Waals surface area contributed by atoms with Gasteiger partial charge in [0.25, 0.3) is 5.56 Å². The summed E-state index contributed by atoms with van der Waals surface area (Å²) >= 11 is 0. The third-order valence-electron chi connectivity index (χ3n) is 9.50. The quantitative estimate of drug-likeness (QED) is 0.176. The van der Waals surface area contributed by atoms with Crippen LogP contribution < -0.4 is 5.56 Å². The van der Waals surface area contributed by atoms with E-state index < -0.39 is 58.8 Å². The van der Waals surface area contributed by atoms with Gasteiger partial charge in [0.1, 0.15) is 11.9 Å². The van der Waals surface area contributed by atoms with Gasteiger partial charge in [-0.25, -0.2) is 9.07 Å². The Morgan fingerprint density at radius 3 is 2.21 bits per heavy atom. The first-order valence-corrected chi connectivity index (χ1v) is 16.5. The number of benzene rings is 2. The maximum atomic E-state index is 15.8. The Labute approximate surface area is 279 Å². The van der Waals surface area contributed by atoms with Gasteiger partial charge < -0.3 is 10.0 Å². The summed E-state index contributed by atoms with van der Waals surface area (Å²) in [4.78, 5) is 41.7. The van der Waals surface area contributed by atoms with Crippen LogP contribution in [0.4, 0.5) is 17.6 Å². The Bertz CT molecular complexity index is 1710. The molecule has 1 aliphatic rings. The Morgan fingerprint density at radius 2 is 1.67 bits per heavy atom. The fourth-order valence-corrected chi connectivity index (χ4v) is 6.56. The molecule has 0 amide bonds. The second-order valence-corrected chi connectivity index (χ2v) is 13.5. The molecule has 1 saturated heterocycles. The molecule has 11 heteroatoms. The Hall–Kier alpha value is -3.86. The number of aryl methyl sites for hydroxylation is 2. The molecule has 0 bridgehead atoms. The van der Waals surface area contributed by atoms with E-state index in [-0.39, 0.29) is 30.7 Å². The number of ketones is 1. The highest BCUT2D eigenvalue weighted by Gasteiger charge is 2.38. The summed E-state index contributed by atoms with van der Waals surface area (Å²) in [5.41, 5.74) is 1.64. The second kappa shape index (κ2) is 15.1. The zero-order chi connectivity index (χ0) is 35.5. The third kappa shape index (κ3) is 8.40. The molecule has 0 saturated carbocycles. The largest absolute Gasteiger partial charge is 0.481 e. The fraction of sp³-hybridized carbons (Fsp3) is 0.514.